The zero-order valence-electron chi connectivity index (χ0n) is 17.7. The van der Waals surface area contributed by atoms with Gasteiger partial charge in [0.15, 0.2) is 5.82 Å². The fourth-order valence-corrected chi connectivity index (χ4v) is 3.94. The predicted molar refractivity (Wildman–Crippen MR) is 106 cm³/mol. The van der Waals surface area contributed by atoms with Gasteiger partial charge in [0.25, 0.3) is 5.91 Å². The Bertz CT molecular complexity index is 910. The third kappa shape index (κ3) is 4.23. The molecule has 10 heteroatoms. The minimum atomic E-state index is -0.0395. The highest BCUT2D eigenvalue weighted by Gasteiger charge is 2.37. The van der Waals surface area contributed by atoms with E-state index in [2.05, 4.69) is 15.2 Å². The second-order valence-corrected chi connectivity index (χ2v) is 8.15. The molecule has 0 spiro atoms. The Morgan fingerprint density at radius 3 is 2.67 bits per heavy atom. The summed E-state index contributed by atoms with van der Waals surface area (Å²) in [5.74, 6) is 1.35. The largest absolute Gasteiger partial charge is 0.381 e. The van der Waals surface area contributed by atoms with Crippen molar-refractivity contribution in [1.29, 1.82) is 0 Å². The highest BCUT2D eigenvalue weighted by molar-refractivity contribution is 5.93. The van der Waals surface area contributed by atoms with Crippen LogP contribution >= 0.6 is 0 Å². The Balaban J connectivity index is 1.25. The summed E-state index contributed by atoms with van der Waals surface area (Å²) >= 11 is 0. The van der Waals surface area contributed by atoms with Crippen LogP contribution in [0.5, 0.6) is 0 Å². The maximum atomic E-state index is 12.6. The van der Waals surface area contributed by atoms with Gasteiger partial charge in [0.1, 0.15) is 5.69 Å². The summed E-state index contributed by atoms with van der Waals surface area (Å²) in [4.78, 5) is 33.0. The van der Waals surface area contributed by atoms with Crippen LogP contribution in [0.3, 0.4) is 0 Å². The number of ether oxygens (including phenoxy) is 1. The fraction of sp³-hybridized carbons (Fsp3) is 0.650. The minimum absolute atomic E-state index is 0.0395. The lowest BCUT2D eigenvalue weighted by Gasteiger charge is -2.36. The van der Waals surface area contributed by atoms with E-state index in [4.69, 9.17) is 9.26 Å². The number of hydrogen-bond acceptors (Lipinski definition) is 7. The summed E-state index contributed by atoms with van der Waals surface area (Å²) in [6.45, 7) is 4.81. The molecule has 0 atom stereocenters. The number of aromatic nitrogens is 4. The van der Waals surface area contributed by atoms with E-state index < -0.39 is 0 Å². The van der Waals surface area contributed by atoms with Crippen LogP contribution < -0.4 is 0 Å². The normalized spacial score (nSPS) is 17.8. The van der Waals surface area contributed by atoms with Gasteiger partial charge in [0.05, 0.1) is 11.6 Å². The van der Waals surface area contributed by atoms with Gasteiger partial charge in [-0.15, -0.1) is 0 Å². The monoisotopic (exact) mass is 416 g/mol. The summed E-state index contributed by atoms with van der Waals surface area (Å²) in [5, 5.41) is 8.27. The number of aryl methyl sites for hydroxylation is 2. The third-order valence-electron chi connectivity index (χ3n) is 5.84. The molecule has 0 aromatic carbocycles. The van der Waals surface area contributed by atoms with Crippen LogP contribution in [-0.4, -0.2) is 81.4 Å². The Morgan fingerprint density at radius 1 is 1.27 bits per heavy atom. The average molecular weight is 416 g/mol. The summed E-state index contributed by atoms with van der Waals surface area (Å²) in [6, 6.07) is 1.79. The van der Waals surface area contributed by atoms with Gasteiger partial charge in [-0.2, -0.15) is 10.1 Å². The molecule has 2 aliphatic heterocycles. The van der Waals surface area contributed by atoms with Crippen LogP contribution in [0.1, 0.15) is 46.7 Å². The molecule has 0 radical (unpaired) electrons. The van der Waals surface area contributed by atoms with E-state index in [-0.39, 0.29) is 23.7 Å². The number of amides is 2. The molecule has 0 N–H and O–H groups in total. The predicted octanol–water partition coefficient (Wildman–Crippen LogP) is 0.779. The first-order chi connectivity index (χ1) is 14.4. The molecule has 30 heavy (non-hydrogen) atoms. The number of nitrogens with zero attached hydrogens (tertiary/aromatic N) is 6. The van der Waals surface area contributed by atoms with E-state index in [0.717, 1.165) is 18.5 Å². The molecule has 2 aliphatic rings. The fourth-order valence-electron chi connectivity index (χ4n) is 3.94. The zero-order valence-corrected chi connectivity index (χ0v) is 17.7. The lowest BCUT2D eigenvalue weighted by atomic mass is 9.99. The maximum absolute atomic E-state index is 12.6. The van der Waals surface area contributed by atoms with Gasteiger partial charge in [0.2, 0.25) is 11.8 Å². The minimum Gasteiger partial charge on any atom is -0.381 e. The first-order valence-electron chi connectivity index (χ1n) is 10.4. The standard InChI is InChI=1S/C20H28N6O4/c1-13-10-16(25(3)22-13)20(28)26-11-15(12-26)18-21-17(23-30-18)4-7-24(2)19(27)14-5-8-29-9-6-14/h10,14-15H,4-9,11-12H2,1-3H3. The summed E-state index contributed by atoms with van der Waals surface area (Å²) < 4.78 is 12.3. The highest BCUT2D eigenvalue weighted by atomic mass is 16.5. The van der Waals surface area contributed by atoms with Gasteiger partial charge in [-0.05, 0) is 25.8 Å². The Kier molecular flexibility index (Phi) is 5.85. The van der Waals surface area contributed by atoms with Crippen molar-refractivity contribution in [3.63, 3.8) is 0 Å². The second-order valence-electron chi connectivity index (χ2n) is 8.15. The number of carbonyl (C=O) groups excluding carboxylic acids is 2. The van der Waals surface area contributed by atoms with Crippen LogP contribution in [0.2, 0.25) is 0 Å². The van der Waals surface area contributed by atoms with E-state index in [0.29, 0.717) is 56.7 Å². The second kappa shape index (κ2) is 8.55. The average Bonchev–Trinajstić information content (AvgIpc) is 3.30. The molecule has 0 saturated carbocycles. The molecule has 2 fully saturated rings. The summed E-state index contributed by atoms with van der Waals surface area (Å²) in [6.07, 6.45) is 2.11. The zero-order chi connectivity index (χ0) is 21.3. The topological polar surface area (TPSA) is 107 Å². The Morgan fingerprint density at radius 2 is 2.00 bits per heavy atom. The number of likely N-dealkylation sites (tertiary alicyclic amines) is 1. The van der Waals surface area contributed by atoms with E-state index in [1.54, 1.807) is 27.6 Å². The molecule has 0 unspecified atom stereocenters. The molecule has 2 saturated heterocycles. The van der Waals surface area contributed by atoms with Crippen LogP contribution in [0.4, 0.5) is 0 Å². The van der Waals surface area contributed by atoms with Gasteiger partial charge in [-0.3, -0.25) is 14.3 Å². The third-order valence-corrected chi connectivity index (χ3v) is 5.84. The SMILES string of the molecule is Cc1cc(C(=O)N2CC(c3nc(CCN(C)C(=O)C4CCOCC4)no3)C2)n(C)n1. The van der Waals surface area contributed by atoms with Crippen molar-refractivity contribution >= 4 is 11.8 Å². The number of likely N-dealkylation sites (N-methyl/N-ethyl adjacent to an activating group) is 1. The molecule has 4 heterocycles. The quantitative estimate of drug-likeness (QED) is 0.685. The Hall–Kier alpha value is -2.75. The summed E-state index contributed by atoms with van der Waals surface area (Å²) in [7, 11) is 3.58. The van der Waals surface area contributed by atoms with Crippen molar-refractivity contribution in [3.05, 3.63) is 29.2 Å². The van der Waals surface area contributed by atoms with Gasteiger partial charge in [-0.1, -0.05) is 5.16 Å². The highest BCUT2D eigenvalue weighted by Crippen LogP contribution is 2.27. The molecule has 0 aliphatic carbocycles. The molecule has 10 nitrogen and oxygen atoms in total. The number of hydrogen-bond donors (Lipinski definition) is 0. The van der Waals surface area contributed by atoms with Crippen LogP contribution in [0.15, 0.2) is 10.6 Å². The van der Waals surface area contributed by atoms with E-state index in [1.165, 1.54) is 0 Å². The van der Waals surface area contributed by atoms with Crippen molar-refractivity contribution in [3.8, 4) is 0 Å². The van der Waals surface area contributed by atoms with Gasteiger partial charge < -0.3 is 19.1 Å². The Labute approximate surface area is 175 Å². The molecule has 0 bridgehead atoms. The van der Waals surface area contributed by atoms with Crippen molar-refractivity contribution in [2.45, 2.75) is 32.1 Å². The first kappa shape index (κ1) is 20.5. The van der Waals surface area contributed by atoms with Crippen molar-refractivity contribution < 1.29 is 18.8 Å². The van der Waals surface area contributed by atoms with Crippen molar-refractivity contribution in [2.75, 3.05) is 39.9 Å². The van der Waals surface area contributed by atoms with Gasteiger partial charge in [0, 0.05) is 59.3 Å². The maximum Gasteiger partial charge on any atom is 0.272 e. The lowest BCUT2D eigenvalue weighted by molar-refractivity contribution is -0.137. The molecule has 4 rings (SSSR count). The first-order valence-corrected chi connectivity index (χ1v) is 10.4. The molecule has 162 valence electrons. The van der Waals surface area contributed by atoms with Gasteiger partial charge >= 0.3 is 0 Å². The summed E-state index contributed by atoms with van der Waals surface area (Å²) in [5.41, 5.74) is 1.40. The van der Waals surface area contributed by atoms with Crippen molar-refractivity contribution in [2.24, 2.45) is 13.0 Å². The number of carbonyl (C=O) groups is 2. The van der Waals surface area contributed by atoms with E-state index in [1.807, 2.05) is 14.0 Å². The molecular weight excluding hydrogens is 388 g/mol. The van der Waals surface area contributed by atoms with E-state index >= 15 is 0 Å². The molecule has 2 aromatic rings. The smallest absolute Gasteiger partial charge is 0.272 e. The molecular formula is C20H28N6O4. The van der Waals surface area contributed by atoms with Crippen molar-refractivity contribution in [1.82, 2.24) is 29.7 Å². The lowest BCUT2D eigenvalue weighted by Crippen LogP contribution is -2.49. The van der Waals surface area contributed by atoms with Crippen LogP contribution in [-0.2, 0) is 23.0 Å². The van der Waals surface area contributed by atoms with Crippen LogP contribution in [0.25, 0.3) is 0 Å². The van der Waals surface area contributed by atoms with E-state index in [9.17, 15) is 9.59 Å². The van der Waals surface area contributed by atoms with Crippen LogP contribution in [0, 0.1) is 12.8 Å². The molecule has 2 amide bonds. The molecule has 2 aromatic heterocycles. The number of rotatable bonds is 6. The van der Waals surface area contributed by atoms with Gasteiger partial charge in [-0.25, -0.2) is 0 Å².